The number of carboxylic acid groups (broad SMARTS) is 1. The first kappa shape index (κ1) is 13.1. The smallest absolute Gasteiger partial charge is 0.336 e. The van der Waals surface area contributed by atoms with E-state index in [4.69, 9.17) is 0 Å². The minimum absolute atomic E-state index is 0.304. The van der Waals surface area contributed by atoms with Crippen LogP contribution in [0.3, 0.4) is 0 Å². The quantitative estimate of drug-likeness (QED) is 0.760. The van der Waals surface area contributed by atoms with Crippen LogP contribution in [0.15, 0.2) is 54.7 Å². The van der Waals surface area contributed by atoms with Crippen molar-refractivity contribution in [1.29, 1.82) is 0 Å². The molecule has 1 aromatic heterocycles. The summed E-state index contributed by atoms with van der Waals surface area (Å²) in [6, 6.07) is 15.0. The fourth-order valence-corrected chi connectivity index (χ4v) is 2.29. The van der Waals surface area contributed by atoms with Gasteiger partial charge in [0.25, 0.3) is 0 Å². The van der Waals surface area contributed by atoms with Gasteiger partial charge in [-0.05, 0) is 36.8 Å². The van der Waals surface area contributed by atoms with Crippen LogP contribution in [-0.2, 0) is 0 Å². The van der Waals surface area contributed by atoms with Gasteiger partial charge in [-0.3, -0.25) is 4.98 Å². The predicted molar refractivity (Wildman–Crippen MR) is 83.2 cm³/mol. The van der Waals surface area contributed by atoms with Gasteiger partial charge in [0.1, 0.15) is 0 Å². The zero-order chi connectivity index (χ0) is 14.8. The Kier molecular flexibility index (Phi) is 3.28. The van der Waals surface area contributed by atoms with E-state index in [1.54, 1.807) is 25.3 Å². The van der Waals surface area contributed by atoms with E-state index in [-0.39, 0.29) is 0 Å². The van der Waals surface area contributed by atoms with Gasteiger partial charge in [-0.2, -0.15) is 0 Å². The van der Waals surface area contributed by atoms with Gasteiger partial charge in [0.15, 0.2) is 0 Å². The zero-order valence-electron chi connectivity index (χ0n) is 11.5. The zero-order valence-corrected chi connectivity index (χ0v) is 11.5. The maximum absolute atomic E-state index is 11.2. The summed E-state index contributed by atoms with van der Waals surface area (Å²) in [6.07, 6.45) is 1.73. The van der Waals surface area contributed by atoms with Gasteiger partial charge in [0, 0.05) is 23.0 Å². The predicted octanol–water partition coefficient (Wildman–Crippen LogP) is 3.99. The molecule has 0 saturated heterocycles. The molecule has 4 nitrogen and oxygen atoms in total. The number of aromatic carboxylic acids is 1. The number of hydrogen-bond donors (Lipinski definition) is 2. The molecule has 3 rings (SSSR count). The lowest BCUT2D eigenvalue weighted by atomic mass is 10.1. The lowest BCUT2D eigenvalue weighted by molar-refractivity contribution is 0.0696. The first-order valence-corrected chi connectivity index (χ1v) is 6.60. The van der Waals surface area contributed by atoms with E-state index in [1.165, 1.54) is 0 Å². The van der Waals surface area contributed by atoms with E-state index in [2.05, 4.69) is 10.3 Å². The summed E-state index contributed by atoms with van der Waals surface area (Å²) in [5, 5.41) is 13.5. The van der Waals surface area contributed by atoms with Crippen molar-refractivity contribution >= 4 is 28.2 Å². The minimum atomic E-state index is -0.921. The standard InChI is InChI=1S/C17H14N2O2/c1-11-6-7-12(10-14(11)17(20)21)19-16-8-9-18-15-5-3-2-4-13(15)16/h2-10H,1H3,(H,18,19)(H,20,21). The molecule has 104 valence electrons. The topological polar surface area (TPSA) is 62.2 Å². The Morgan fingerprint density at radius 2 is 1.95 bits per heavy atom. The molecule has 0 saturated carbocycles. The van der Waals surface area contributed by atoms with E-state index in [9.17, 15) is 9.90 Å². The van der Waals surface area contributed by atoms with Crippen LogP contribution >= 0.6 is 0 Å². The van der Waals surface area contributed by atoms with Crippen LogP contribution in [0.4, 0.5) is 11.4 Å². The van der Waals surface area contributed by atoms with Crippen molar-refractivity contribution in [2.45, 2.75) is 6.92 Å². The van der Waals surface area contributed by atoms with Crippen LogP contribution in [0.1, 0.15) is 15.9 Å². The lowest BCUT2D eigenvalue weighted by Gasteiger charge is -2.11. The summed E-state index contributed by atoms with van der Waals surface area (Å²) in [4.78, 5) is 15.5. The number of benzene rings is 2. The van der Waals surface area contributed by atoms with Crippen molar-refractivity contribution in [3.63, 3.8) is 0 Å². The molecule has 0 amide bonds. The van der Waals surface area contributed by atoms with E-state index in [1.807, 2.05) is 36.4 Å². The Morgan fingerprint density at radius 1 is 1.14 bits per heavy atom. The van der Waals surface area contributed by atoms with Crippen molar-refractivity contribution < 1.29 is 9.90 Å². The van der Waals surface area contributed by atoms with Crippen LogP contribution in [0, 0.1) is 6.92 Å². The van der Waals surface area contributed by atoms with E-state index < -0.39 is 5.97 Å². The molecule has 0 aliphatic carbocycles. The number of carbonyl (C=O) groups is 1. The Bertz CT molecular complexity index is 823. The van der Waals surface area contributed by atoms with Gasteiger partial charge in [0.05, 0.1) is 11.1 Å². The molecule has 0 spiro atoms. The second kappa shape index (κ2) is 5.25. The molecule has 0 aliphatic rings. The van der Waals surface area contributed by atoms with Crippen LogP contribution in [-0.4, -0.2) is 16.1 Å². The largest absolute Gasteiger partial charge is 0.478 e. The van der Waals surface area contributed by atoms with E-state index >= 15 is 0 Å². The van der Waals surface area contributed by atoms with Crippen LogP contribution < -0.4 is 5.32 Å². The average Bonchev–Trinajstić information content (AvgIpc) is 2.49. The van der Waals surface area contributed by atoms with Gasteiger partial charge in [-0.15, -0.1) is 0 Å². The molecule has 21 heavy (non-hydrogen) atoms. The molecule has 1 heterocycles. The SMILES string of the molecule is Cc1ccc(Nc2ccnc3ccccc23)cc1C(=O)O. The number of rotatable bonds is 3. The monoisotopic (exact) mass is 278 g/mol. The second-order valence-electron chi connectivity index (χ2n) is 4.84. The van der Waals surface area contributed by atoms with Gasteiger partial charge in [0.2, 0.25) is 0 Å². The highest BCUT2D eigenvalue weighted by molar-refractivity contribution is 5.94. The number of hydrogen-bond acceptors (Lipinski definition) is 3. The number of carboxylic acids is 1. The number of fused-ring (bicyclic) bond motifs is 1. The molecule has 0 fully saturated rings. The third kappa shape index (κ3) is 2.56. The average molecular weight is 278 g/mol. The highest BCUT2D eigenvalue weighted by atomic mass is 16.4. The van der Waals surface area contributed by atoms with Gasteiger partial charge in [-0.1, -0.05) is 24.3 Å². The summed E-state index contributed by atoms with van der Waals surface area (Å²) < 4.78 is 0. The minimum Gasteiger partial charge on any atom is -0.478 e. The molecular formula is C17H14N2O2. The first-order valence-electron chi connectivity index (χ1n) is 6.60. The molecule has 2 N–H and O–H groups in total. The molecule has 0 bridgehead atoms. The molecule has 3 aromatic rings. The van der Waals surface area contributed by atoms with Crippen LogP contribution in [0.2, 0.25) is 0 Å². The Labute approximate surface area is 122 Å². The van der Waals surface area contributed by atoms with Crippen molar-refractivity contribution in [2.24, 2.45) is 0 Å². The maximum atomic E-state index is 11.2. The third-order valence-electron chi connectivity index (χ3n) is 3.40. The van der Waals surface area contributed by atoms with E-state index in [0.29, 0.717) is 5.56 Å². The number of aryl methyl sites for hydroxylation is 1. The summed E-state index contributed by atoms with van der Waals surface area (Å²) in [5.74, 6) is -0.921. The fraction of sp³-hybridized carbons (Fsp3) is 0.0588. The molecule has 0 atom stereocenters. The van der Waals surface area contributed by atoms with Gasteiger partial charge >= 0.3 is 5.97 Å². The highest BCUT2D eigenvalue weighted by Gasteiger charge is 2.08. The lowest BCUT2D eigenvalue weighted by Crippen LogP contribution is -2.01. The summed E-state index contributed by atoms with van der Waals surface area (Å²) >= 11 is 0. The van der Waals surface area contributed by atoms with Crippen LogP contribution in [0.5, 0.6) is 0 Å². The molecule has 0 unspecified atom stereocenters. The molecule has 0 radical (unpaired) electrons. The van der Waals surface area contributed by atoms with Crippen LogP contribution in [0.25, 0.3) is 10.9 Å². The summed E-state index contributed by atoms with van der Waals surface area (Å²) in [7, 11) is 0. The van der Waals surface area contributed by atoms with Crippen molar-refractivity contribution in [2.75, 3.05) is 5.32 Å². The van der Waals surface area contributed by atoms with Gasteiger partial charge in [-0.25, -0.2) is 4.79 Å². The van der Waals surface area contributed by atoms with Crippen molar-refractivity contribution in [3.05, 3.63) is 65.9 Å². The molecule has 0 aliphatic heterocycles. The third-order valence-corrected chi connectivity index (χ3v) is 3.40. The number of aromatic nitrogens is 1. The van der Waals surface area contributed by atoms with E-state index in [0.717, 1.165) is 27.8 Å². The Balaban J connectivity index is 2.03. The number of para-hydroxylation sites is 1. The Hall–Kier alpha value is -2.88. The first-order chi connectivity index (χ1) is 10.1. The summed E-state index contributed by atoms with van der Waals surface area (Å²) in [6.45, 7) is 1.79. The molecular weight excluding hydrogens is 264 g/mol. The number of nitrogens with zero attached hydrogens (tertiary/aromatic N) is 1. The van der Waals surface area contributed by atoms with Crippen molar-refractivity contribution in [1.82, 2.24) is 4.98 Å². The number of pyridine rings is 1. The number of anilines is 2. The maximum Gasteiger partial charge on any atom is 0.336 e. The molecule has 4 heteroatoms. The van der Waals surface area contributed by atoms with Crippen molar-refractivity contribution in [3.8, 4) is 0 Å². The number of nitrogens with one attached hydrogen (secondary N) is 1. The Morgan fingerprint density at radius 3 is 2.76 bits per heavy atom. The fourth-order valence-electron chi connectivity index (χ4n) is 2.29. The second-order valence-corrected chi connectivity index (χ2v) is 4.84. The highest BCUT2D eigenvalue weighted by Crippen LogP contribution is 2.26. The normalized spacial score (nSPS) is 10.5. The molecule has 2 aromatic carbocycles. The summed E-state index contributed by atoms with van der Waals surface area (Å²) in [5.41, 5.74) is 3.59. The van der Waals surface area contributed by atoms with Gasteiger partial charge < -0.3 is 10.4 Å².